The van der Waals surface area contributed by atoms with E-state index in [4.69, 9.17) is 5.73 Å². The highest BCUT2D eigenvalue weighted by atomic mass is 32.2. The molecule has 0 unspecified atom stereocenters. The number of aromatic nitrogens is 1. The number of carbonyl (C=O) groups excluding carboxylic acids is 2. The molecule has 3 N–H and O–H groups in total. The van der Waals surface area contributed by atoms with E-state index in [0.717, 1.165) is 63.8 Å². The molecule has 0 radical (unpaired) electrons. The fourth-order valence-corrected chi connectivity index (χ4v) is 7.95. The number of hydrogen-bond acceptors (Lipinski definition) is 6. The number of nitrogens with zero attached hydrogens (tertiary/aromatic N) is 2. The molecular weight excluding hydrogens is 512 g/mol. The average Bonchev–Trinajstić information content (AvgIpc) is 3.44. The fourth-order valence-electron chi connectivity index (χ4n) is 5.79. The lowest BCUT2D eigenvalue weighted by Crippen LogP contribution is -2.42. The fraction of sp³-hybridized carbons (Fsp3) is 0.533. The van der Waals surface area contributed by atoms with Gasteiger partial charge in [-0.1, -0.05) is 17.2 Å². The second kappa shape index (κ2) is 11.2. The van der Waals surface area contributed by atoms with Crippen LogP contribution in [-0.4, -0.2) is 77.2 Å². The summed E-state index contributed by atoms with van der Waals surface area (Å²) in [5, 5.41) is 0.899. The van der Waals surface area contributed by atoms with Gasteiger partial charge in [-0.3, -0.25) is 14.5 Å². The van der Waals surface area contributed by atoms with E-state index in [1.807, 2.05) is 19.9 Å². The molecule has 0 spiro atoms. The number of amides is 1. The van der Waals surface area contributed by atoms with Crippen LogP contribution in [0.3, 0.4) is 0 Å². The van der Waals surface area contributed by atoms with Crippen LogP contribution in [0.4, 0.5) is 0 Å². The molecule has 2 saturated heterocycles. The number of fused-ring (bicyclic) bond motifs is 1. The summed E-state index contributed by atoms with van der Waals surface area (Å²) in [6.45, 7) is 13.8. The predicted octanol–water partition coefficient (Wildman–Crippen LogP) is 5.22. The number of nitrogens with two attached hydrogens (primary N) is 1. The lowest BCUT2D eigenvalue weighted by atomic mass is 9.90. The molecule has 2 aliphatic rings. The number of rotatable bonds is 8. The SMILES string of the molecule is Cc1cc(C)cc(-c2[nH]c3sc(C(C)(C)C(N)=O)cc3c2C(=O)CN2CCC(CN3CCSCC3)CC2)c1. The molecule has 2 aliphatic heterocycles. The number of primary amides is 1. The van der Waals surface area contributed by atoms with Gasteiger partial charge in [0.15, 0.2) is 5.78 Å². The predicted molar refractivity (Wildman–Crippen MR) is 161 cm³/mol. The van der Waals surface area contributed by atoms with Crippen molar-refractivity contribution in [3.63, 3.8) is 0 Å². The van der Waals surface area contributed by atoms with Gasteiger partial charge < -0.3 is 15.6 Å². The summed E-state index contributed by atoms with van der Waals surface area (Å²) >= 11 is 3.58. The van der Waals surface area contributed by atoms with Gasteiger partial charge >= 0.3 is 0 Å². The molecular formula is C30H40N4O2S2. The minimum absolute atomic E-state index is 0.137. The van der Waals surface area contributed by atoms with E-state index in [-0.39, 0.29) is 11.7 Å². The smallest absolute Gasteiger partial charge is 0.228 e. The Bertz CT molecular complexity index is 1310. The van der Waals surface area contributed by atoms with Crippen molar-refractivity contribution in [3.05, 3.63) is 45.8 Å². The van der Waals surface area contributed by atoms with Gasteiger partial charge in [-0.05, 0) is 83.3 Å². The Morgan fingerprint density at radius 2 is 1.66 bits per heavy atom. The van der Waals surface area contributed by atoms with Gasteiger partial charge in [-0.15, -0.1) is 11.3 Å². The lowest BCUT2D eigenvalue weighted by Gasteiger charge is -2.35. The number of piperidine rings is 1. The number of ketones is 1. The largest absolute Gasteiger partial charge is 0.369 e. The molecule has 0 saturated carbocycles. The zero-order valence-electron chi connectivity index (χ0n) is 23.1. The van der Waals surface area contributed by atoms with Crippen molar-refractivity contribution in [2.24, 2.45) is 11.7 Å². The molecule has 1 amide bonds. The first-order chi connectivity index (χ1) is 18.1. The molecule has 5 rings (SSSR count). The number of H-pyrrole nitrogens is 1. The minimum Gasteiger partial charge on any atom is -0.369 e. The maximum absolute atomic E-state index is 14.0. The van der Waals surface area contributed by atoms with E-state index in [2.05, 4.69) is 58.6 Å². The molecule has 0 atom stereocenters. The van der Waals surface area contributed by atoms with Gasteiger partial charge in [0.25, 0.3) is 0 Å². The molecule has 4 heterocycles. The first kappa shape index (κ1) is 27.4. The van der Waals surface area contributed by atoms with Crippen molar-refractivity contribution in [2.45, 2.75) is 46.0 Å². The maximum atomic E-state index is 14.0. The molecule has 204 valence electrons. The van der Waals surface area contributed by atoms with Crippen molar-refractivity contribution in [1.82, 2.24) is 14.8 Å². The van der Waals surface area contributed by atoms with Gasteiger partial charge in [0.2, 0.25) is 5.91 Å². The lowest BCUT2D eigenvalue weighted by molar-refractivity contribution is -0.122. The standard InChI is InChI=1S/C30H40N4O2S2/c1-19-13-20(2)15-22(14-19)27-26(23-16-25(38-28(23)32-27)30(3,4)29(31)36)24(35)18-33-7-5-21(6-8-33)17-34-9-11-37-12-10-34/h13-16,21,32H,5-12,17-18H2,1-4H3,(H2,31,36). The molecule has 8 heteroatoms. The van der Waals surface area contributed by atoms with E-state index in [9.17, 15) is 9.59 Å². The van der Waals surface area contributed by atoms with Crippen molar-refractivity contribution in [2.75, 3.05) is 50.8 Å². The number of aromatic amines is 1. The monoisotopic (exact) mass is 552 g/mol. The summed E-state index contributed by atoms with van der Waals surface area (Å²) in [5.41, 5.74) is 9.91. The molecule has 6 nitrogen and oxygen atoms in total. The Morgan fingerprint density at radius 3 is 2.29 bits per heavy atom. The summed E-state index contributed by atoms with van der Waals surface area (Å²) < 4.78 is 0. The van der Waals surface area contributed by atoms with Crippen LogP contribution in [0.5, 0.6) is 0 Å². The first-order valence-electron chi connectivity index (χ1n) is 13.7. The highest BCUT2D eigenvalue weighted by molar-refractivity contribution is 7.99. The van der Waals surface area contributed by atoms with Crippen LogP contribution in [0.1, 0.15) is 53.1 Å². The Kier molecular flexibility index (Phi) is 8.06. The maximum Gasteiger partial charge on any atom is 0.228 e. The first-order valence-corrected chi connectivity index (χ1v) is 15.7. The molecule has 3 aromatic rings. The molecule has 2 fully saturated rings. The topological polar surface area (TPSA) is 82.4 Å². The summed E-state index contributed by atoms with van der Waals surface area (Å²) in [5.74, 6) is 3.00. The van der Waals surface area contributed by atoms with Crippen LogP contribution in [0.25, 0.3) is 21.5 Å². The number of thioether (sulfide) groups is 1. The number of nitrogens with one attached hydrogen (secondary N) is 1. The summed E-state index contributed by atoms with van der Waals surface area (Å²) in [4.78, 5) is 36.4. The zero-order valence-corrected chi connectivity index (χ0v) is 24.7. The Balaban J connectivity index is 1.39. The second-order valence-electron chi connectivity index (χ2n) is 11.6. The number of likely N-dealkylation sites (tertiary alicyclic amines) is 1. The summed E-state index contributed by atoms with van der Waals surface area (Å²) in [6, 6.07) is 8.43. The van der Waals surface area contributed by atoms with E-state index >= 15 is 0 Å². The number of carbonyl (C=O) groups is 2. The van der Waals surface area contributed by atoms with Crippen molar-refractivity contribution >= 4 is 45.0 Å². The van der Waals surface area contributed by atoms with Crippen molar-refractivity contribution in [3.8, 4) is 11.3 Å². The normalized spacial score (nSPS) is 18.3. The number of hydrogen-bond donors (Lipinski definition) is 2. The average molecular weight is 553 g/mol. The third-order valence-electron chi connectivity index (χ3n) is 8.21. The van der Waals surface area contributed by atoms with Crippen LogP contribution in [-0.2, 0) is 10.2 Å². The molecule has 2 aromatic heterocycles. The number of thiophene rings is 1. The van der Waals surface area contributed by atoms with Crippen molar-refractivity contribution < 1.29 is 9.59 Å². The summed E-state index contributed by atoms with van der Waals surface area (Å²) in [6.07, 6.45) is 2.30. The van der Waals surface area contributed by atoms with Gasteiger partial charge in [0.05, 0.1) is 23.2 Å². The Hall–Kier alpha value is -2.13. The van der Waals surface area contributed by atoms with Gasteiger partial charge in [0.1, 0.15) is 4.83 Å². The third kappa shape index (κ3) is 5.74. The molecule has 0 bridgehead atoms. The Labute approximate surface area is 234 Å². The van der Waals surface area contributed by atoms with Gasteiger partial charge in [0, 0.05) is 41.4 Å². The number of benzene rings is 1. The van der Waals surface area contributed by atoms with Crippen molar-refractivity contribution in [1.29, 1.82) is 0 Å². The number of Topliss-reactive ketones (excluding diaryl/α,β-unsaturated/α-hetero) is 1. The highest BCUT2D eigenvalue weighted by Crippen LogP contribution is 2.40. The second-order valence-corrected chi connectivity index (χ2v) is 13.9. The molecule has 0 aliphatic carbocycles. The van der Waals surface area contributed by atoms with Crippen LogP contribution >= 0.6 is 23.1 Å². The van der Waals surface area contributed by atoms with E-state index in [1.165, 1.54) is 53.6 Å². The molecule has 38 heavy (non-hydrogen) atoms. The minimum atomic E-state index is -0.792. The zero-order chi connectivity index (χ0) is 27.0. The van der Waals surface area contributed by atoms with Crippen LogP contribution < -0.4 is 5.73 Å². The number of aryl methyl sites for hydroxylation is 2. The van der Waals surface area contributed by atoms with E-state index < -0.39 is 5.41 Å². The quantitative estimate of drug-likeness (QED) is 0.375. The van der Waals surface area contributed by atoms with Crippen LogP contribution in [0.2, 0.25) is 0 Å². The third-order valence-corrected chi connectivity index (χ3v) is 10.5. The van der Waals surface area contributed by atoms with Gasteiger partial charge in [-0.25, -0.2) is 0 Å². The Morgan fingerprint density at radius 1 is 1.00 bits per heavy atom. The van der Waals surface area contributed by atoms with Crippen LogP contribution in [0, 0.1) is 19.8 Å². The van der Waals surface area contributed by atoms with E-state index in [1.54, 1.807) is 0 Å². The van der Waals surface area contributed by atoms with Gasteiger partial charge in [-0.2, -0.15) is 11.8 Å². The van der Waals surface area contributed by atoms with Crippen LogP contribution in [0.15, 0.2) is 24.3 Å². The summed E-state index contributed by atoms with van der Waals surface area (Å²) in [7, 11) is 0. The highest BCUT2D eigenvalue weighted by Gasteiger charge is 2.32. The molecule has 1 aromatic carbocycles. The van der Waals surface area contributed by atoms with E-state index in [0.29, 0.717) is 6.54 Å².